The van der Waals surface area contributed by atoms with Gasteiger partial charge in [-0.25, -0.2) is 9.97 Å². The van der Waals surface area contributed by atoms with Crippen molar-refractivity contribution in [3.05, 3.63) is 33.2 Å². The Labute approximate surface area is 114 Å². The Kier molecular flexibility index (Phi) is 3.96. The molecule has 0 aliphatic heterocycles. The molecule has 16 heavy (non-hydrogen) atoms. The molecule has 0 radical (unpaired) electrons. The molecule has 2 aromatic rings. The predicted molar refractivity (Wildman–Crippen MR) is 65.9 cm³/mol. The van der Waals surface area contributed by atoms with Crippen molar-refractivity contribution in [1.82, 2.24) is 20.2 Å². The van der Waals surface area contributed by atoms with Gasteiger partial charge in [0.05, 0.1) is 0 Å². The molecule has 0 atom stereocenters. The van der Waals surface area contributed by atoms with E-state index < -0.39 is 0 Å². The molecule has 0 unspecified atom stereocenters. The molecule has 2 rings (SSSR count). The first-order valence-electron chi connectivity index (χ1n) is 4.00. The molecule has 0 saturated heterocycles. The van der Waals surface area contributed by atoms with Gasteiger partial charge < -0.3 is 0 Å². The lowest BCUT2D eigenvalue weighted by Crippen LogP contribution is -1.92. The standard InChI is InChI=1S/C8H3BrCl2N4S/c9-4-1-2-5(12-3-4)16-7-6(10)14-15-8(11)13-7/h1-3H. The molecule has 2 aromatic heterocycles. The third-order valence-electron chi connectivity index (χ3n) is 1.49. The van der Waals surface area contributed by atoms with Crippen LogP contribution in [-0.2, 0) is 0 Å². The molecule has 4 nitrogen and oxygen atoms in total. The Balaban J connectivity index is 2.26. The van der Waals surface area contributed by atoms with Crippen molar-refractivity contribution in [2.75, 3.05) is 0 Å². The molecule has 0 N–H and O–H groups in total. The van der Waals surface area contributed by atoms with Crippen LogP contribution in [0.25, 0.3) is 0 Å². The molecule has 0 aliphatic carbocycles. The average Bonchev–Trinajstić information content (AvgIpc) is 2.27. The Morgan fingerprint density at radius 2 is 2.00 bits per heavy atom. The topological polar surface area (TPSA) is 51.6 Å². The van der Waals surface area contributed by atoms with Crippen LogP contribution < -0.4 is 0 Å². The highest BCUT2D eigenvalue weighted by Gasteiger charge is 2.08. The van der Waals surface area contributed by atoms with E-state index in [9.17, 15) is 0 Å². The van der Waals surface area contributed by atoms with Crippen LogP contribution in [0.4, 0.5) is 0 Å². The van der Waals surface area contributed by atoms with Crippen LogP contribution in [0, 0.1) is 0 Å². The highest BCUT2D eigenvalue weighted by atomic mass is 79.9. The second-order valence-electron chi connectivity index (χ2n) is 2.59. The van der Waals surface area contributed by atoms with E-state index in [1.165, 1.54) is 11.8 Å². The molecule has 0 spiro atoms. The molecule has 0 aliphatic rings. The van der Waals surface area contributed by atoms with Crippen LogP contribution in [-0.4, -0.2) is 20.2 Å². The van der Waals surface area contributed by atoms with Gasteiger partial charge in [-0.1, -0.05) is 11.6 Å². The van der Waals surface area contributed by atoms with Crippen molar-refractivity contribution >= 4 is 50.9 Å². The first-order chi connectivity index (χ1) is 7.65. The van der Waals surface area contributed by atoms with Gasteiger partial charge in [0.2, 0.25) is 5.28 Å². The molecule has 0 amide bonds. The Morgan fingerprint density at radius 3 is 2.69 bits per heavy atom. The maximum Gasteiger partial charge on any atom is 0.244 e. The summed E-state index contributed by atoms with van der Waals surface area (Å²) in [6, 6.07) is 3.71. The fourth-order valence-corrected chi connectivity index (χ4v) is 2.17. The molecule has 0 bridgehead atoms. The maximum absolute atomic E-state index is 5.82. The second kappa shape index (κ2) is 5.27. The van der Waals surface area contributed by atoms with Gasteiger partial charge in [0, 0.05) is 10.7 Å². The number of aromatic nitrogens is 4. The summed E-state index contributed by atoms with van der Waals surface area (Å²) in [6.45, 7) is 0. The Bertz CT molecular complexity index is 508. The van der Waals surface area contributed by atoms with E-state index in [-0.39, 0.29) is 10.4 Å². The zero-order valence-corrected chi connectivity index (χ0v) is 11.5. The van der Waals surface area contributed by atoms with Crippen LogP contribution in [0.2, 0.25) is 10.4 Å². The summed E-state index contributed by atoms with van der Waals surface area (Å²) in [6.07, 6.45) is 1.69. The quantitative estimate of drug-likeness (QED) is 0.839. The van der Waals surface area contributed by atoms with Crippen LogP contribution in [0.5, 0.6) is 0 Å². The third kappa shape index (κ3) is 3.04. The molecular weight excluding hydrogens is 335 g/mol. The van der Waals surface area contributed by atoms with Gasteiger partial charge in [-0.3, -0.25) is 0 Å². The monoisotopic (exact) mass is 336 g/mol. The van der Waals surface area contributed by atoms with E-state index in [0.29, 0.717) is 5.03 Å². The maximum atomic E-state index is 5.82. The molecular formula is C8H3BrCl2N4S. The molecule has 2 heterocycles. The van der Waals surface area contributed by atoms with Gasteiger partial charge in [-0.15, -0.1) is 10.2 Å². The van der Waals surface area contributed by atoms with Crippen LogP contribution >= 0.6 is 50.9 Å². The average molecular weight is 338 g/mol. The fraction of sp³-hybridized carbons (Fsp3) is 0. The highest BCUT2D eigenvalue weighted by Crippen LogP contribution is 2.29. The summed E-state index contributed by atoms with van der Waals surface area (Å²) in [5, 5.41) is 8.68. The minimum Gasteiger partial charge on any atom is -0.248 e. The lowest BCUT2D eigenvalue weighted by Gasteiger charge is -2.01. The minimum atomic E-state index is 0.0593. The van der Waals surface area contributed by atoms with Gasteiger partial charge in [-0.2, -0.15) is 0 Å². The normalized spacial score (nSPS) is 10.4. The Morgan fingerprint density at radius 1 is 1.19 bits per heavy atom. The van der Waals surface area contributed by atoms with Crippen LogP contribution in [0.15, 0.2) is 32.9 Å². The first kappa shape index (κ1) is 12.0. The number of rotatable bonds is 2. The van der Waals surface area contributed by atoms with E-state index in [2.05, 4.69) is 36.1 Å². The Hall–Kier alpha value is -0.430. The van der Waals surface area contributed by atoms with Crippen molar-refractivity contribution in [1.29, 1.82) is 0 Å². The summed E-state index contributed by atoms with van der Waals surface area (Å²) in [4.78, 5) is 8.13. The van der Waals surface area contributed by atoms with Crippen LogP contribution in [0.1, 0.15) is 0 Å². The van der Waals surface area contributed by atoms with Crippen molar-refractivity contribution in [3.8, 4) is 0 Å². The number of pyridine rings is 1. The van der Waals surface area contributed by atoms with Gasteiger partial charge >= 0.3 is 0 Å². The predicted octanol–water partition coefficient (Wildman–Crippen LogP) is 3.49. The minimum absolute atomic E-state index is 0.0593. The summed E-state index contributed by atoms with van der Waals surface area (Å²) in [7, 11) is 0. The van der Waals surface area contributed by atoms with Crippen molar-refractivity contribution in [2.24, 2.45) is 0 Å². The number of nitrogens with zero attached hydrogens (tertiary/aromatic N) is 4. The zero-order valence-electron chi connectivity index (χ0n) is 7.56. The summed E-state index contributed by atoms with van der Waals surface area (Å²) in [5.74, 6) is 0. The molecule has 0 aromatic carbocycles. The zero-order chi connectivity index (χ0) is 11.5. The fourth-order valence-electron chi connectivity index (χ4n) is 0.867. The van der Waals surface area contributed by atoms with E-state index >= 15 is 0 Å². The summed E-state index contributed by atoms with van der Waals surface area (Å²) >= 11 is 16.0. The third-order valence-corrected chi connectivity index (χ3v) is 3.42. The van der Waals surface area contributed by atoms with Crippen molar-refractivity contribution < 1.29 is 0 Å². The number of hydrogen-bond donors (Lipinski definition) is 0. The van der Waals surface area contributed by atoms with Gasteiger partial charge in [0.1, 0.15) is 10.1 Å². The number of hydrogen-bond acceptors (Lipinski definition) is 5. The lowest BCUT2D eigenvalue weighted by atomic mass is 10.5. The van der Waals surface area contributed by atoms with Gasteiger partial charge in [0.15, 0.2) is 5.15 Å². The van der Waals surface area contributed by atoms with E-state index in [4.69, 9.17) is 23.2 Å². The number of halogens is 3. The van der Waals surface area contributed by atoms with E-state index in [0.717, 1.165) is 9.50 Å². The summed E-state index contributed by atoms with van der Waals surface area (Å²) < 4.78 is 0.904. The van der Waals surface area contributed by atoms with E-state index in [1.807, 2.05) is 12.1 Å². The highest BCUT2D eigenvalue weighted by molar-refractivity contribution is 9.10. The van der Waals surface area contributed by atoms with Gasteiger partial charge in [0.25, 0.3) is 0 Å². The van der Waals surface area contributed by atoms with E-state index in [1.54, 1.807) is 6.20 Å². The van der Waals surface area contributed by atoms with Crippen molar-refractivity contribution in [2.45, 2.75) is 10.1 Å². The molecule has 0 saturated carbocycles. The van der Waals surface area contributed by atoms with Gasteiger partial charge in [-0.05, 0) is 51.4 Å². The lowest BCUT2D eigenvalue weighted by molar-refractivity contribution is 0.903. The second-order valence-corrected chi connectivity index (χ2v) is 5.21. The SMILES string of the molecule is Clc1nnc(Cl)c(Sc2ccc(Br)cn2)n1. The van der Waals surface area contributed by atoms with Crippen molar-refractivity contribution in [3.63, 3.8) is 0 Å². The van der Waals surface area contributed by atoms with Crippen LogP contribution in [0.3, 0.4) is 0 Å². The molecule has 0 fully saturated rings. The molecule has 8 heteroatoms. The molecule has 82 valence electrons. The smallest absolute Gasteiger partial charge is 0.244 e. The largest absolute Gasteiger partial charge is 0.248 e. The summed E-state index contributed by atoms with van der Waals surface area (Å²) in [5.41, 5.74) is 0. The first-order valence-corrected chi connectivity index (χ1v) is 6.37.